The van der Waals surface area contributed by atoms with E-state index in [0.717, 1.165) is 13.2 Å². The van der Waals surface area contributed by atoms with Gasteiger partial charge in [0.05, 0.1) is 12.2 Å². The van der Waals surface area contributed by atoms with Crippen molar-refractivity contribution in [2.24, 2.45) is 0 Å². The van der Waals surface area contributed by atoms with Crippen LogP contribution < -0.4 is 5.32 Å². The van der Waals surface area contributed by atoms with Gasteiger partial charge in [0.15, 0.2) is 0 Å². The minimum atomic E-state index is 0.0747. The lowest BCUT2D eigenvalue weighted by Gasteiger charge is -2.40. The number of morpholine rings is 1. The van der Waals surface area contributed by atoms with Gasteiger partial charge < -0.3 is 10.1 Å². The van der Waals surface area contributed by atoms with Crippen LogP contribution in [0.25, 0.3) is 0 Å². The molecular weight excluding hydrogens is 126 g/mol. The smallest absolute Gasteiger partial charge is 0.0807 e. The molecule has 0 atom stereocenters. The van der Waals surface area contributed by atoms with Crippen molar-refractivity contribution in [2.45, 2.75) is 37.8 Å². The Morgan fingerprint density at radius 2 is 2.00 bits per heavy atom. The number of hydrogen-bond acceptors (Lipinski definition) is 2. The summed E-state index contributed by atoms with van der Waals surface area (Å²) < 4.78 is 5.68. The molecule has 0 amide bonds. The van der Waals surface area contributed by atoms with E-state index < -0.39 is 0 Å². The summed E-state index contributed by atoms with van der Waals surface area (Å²) in [6, 6.07) is 0. The molecule has 2 aliphatic rings. The zero-order valence-corrected chi connectivity index (χ0v) is 6.74. The second-order valence-electron chi connectivity index (χ2n) is 3.87. The van der Waals surface area contributed by atoms with Gasteiger partial charge in [-0.15, -0.1) is 0 Å². The van der Waals surface area contributed by atoms with E-state index in [1.54, 1.807) is 0 Å². The second-order valence-corrected chi connectivity index (χ2v) is 3.87. The van der Waals surface area contributed by atoms with Crippen molar-refractivity contribution < 1.29 is 4.74 Å². The van der Waals surface area contributed by atoms with Gasteiger partial charge in [-0.1, -0.05) is 0 Å². The monoisotopic (exact) mass is 141 g/mol. The summed E-state index contributed by atoms with van der Waals surface area (Å²) in [6.45, 7) is 6.27. The zero-order valence-electron chi connectivity index (χ0n) is 6.74. The Labute approximate surface area is 61.9 Å². The SMILES string of the molecule is CC1(C)OCCNC12CC2. The fraction of sp³-hybridized carbons (Fsp3) is 1.00. The van der Waals surface area contributed by atoms with Crippen molar-refractivity contribution >= 4 is 0 Å². The molecule has 0 unspecified atom stereocenters. The summed E-state index contributed by atoms with van der Waals surface area (Å²) >= 11 is 0. The average molecular weight is 141 g/mol. The van der Waals surface area contributed by atoms with E-state index in [1.165, 1.54) is 12.8 Å². The first-order valence-electron chi connectivity index (χ1n) is 4.05. The molecule has 10 heavy (non-hydrogen) atoms. The summed E-state index contributed by atoms with van der Waals surface area (Å²) in [4.78, 5) is 0. The van der Waals surface area contributed by atoms with Crippen molar-refractivity contribution in [1.82, 2.24) is 5.32 Å². The Balaban J connectivity index is 2.15. The molecule has 1 aliphatic heterocycles. The predicted molar refractivity (Wildman–Crippen MR) is 40.0 cm³/mol. The summed E-state index contributed by atoms with van der Waals surface area (Å²) in [6.07, 6.45) is 2.58. The van der Waals surface area contributed by atoms with Crippen LogP contribution in [0.3, 0.4) is 0 Å². The maximum atomic E-state index is 5.68. The topological polar surface area (TPSA) is 21.3 Å². The molecule has 0 aromatic heterocycles. The minimum absolute atomic E-state index is 0.0747. The summed E-state index contributed by atoms with van der Waals surface area (Å²) in [5.74, 6) is 0. The van der Waals surface area contributed by atoms with Crippen LogP contribution in [0.4, 0.5) is 0 Å². The van der Waals surface area contributed by atoms with E-state index >= 15 is 0 Å². The first kappa shape index (κ1) is 6.62. The van der Waals surface area contributed by atoms with Crippen LogP contribution in [0.15, 0.2) is 0 Å². The van der Waals surface area contributed by atoms with E-state index in [9.17, 15) is 0 Å². The molecule has 2 fully saturated rings. The van der Waals surface area contributed by atoms with Crippen molar-refractivity contribution in [2.75, 3.05) is 13.2 Å². The molecule has 0 aromatic carbocycles. The van der Waals surface area contributed by atoms with Gasteiger partial charge in [0.1, 0.15) is 0 Å². The summed E-state index contributed by atoms with van der Waals surface area (Å²) in [5.41, 5.74) is 0.427. The van der Waals surface area contributed by atoms with Gasteiger partial charge in [0.2, 0.25) is 0 Å². The number of ether oxygens (including phenoxy) is 1. The molecule has 2 rings (SSSR count). The van der Waals surface area contributed by atoms with Gasteiger partial charge in [-0.25, -0.2) is 0 Å². The van der Waals surface area contributed by atoms with Crippen LogP contribution in [0.1, 0.15) is 26.7 Å². The van der Waals surface area contributed by atoms with Crippen molar-refractivity contribution in [3.63, 3.8) is 0 Å². The van der Waals surface area contributed by atoms with Crippen molar-refractivity contribution in [1.29, 1.82) is 0 Å². The molecule has 1 aliphatic carbocycles. The van der Waals surface area contributed by atoms with Gasteiger partial charge in [-0.05, 0) is 26.7 Å². The highest BCUT2D eigenvalue weighted by molar-refractivity contribution is 5.14. The fourth-order valence-corrected chi connectivity index (χ4v) is 1.85. The molecule has 58 valence electrons. The molecule has 2 heteroatoms. The number of hydrogen-bond donors (Lipinski definition) is 1. The van der Waals surface area contributed by atoms with Crippen LogP contribution in [0, 0.1) is 0 Å². The van der Waals surface area contributed by atoms with Crippen LogP contribution in [-0.4, -0.2) is 24.3 Å². The highest BCUT2D eigenvalue weighted by Crippen LogP contribution is 2.47. The van der Waals surface area contributed by atoms with Gasteiger partial charge in [0.25, 0.3) is 0 Å². The molecule has 1 N–H and O–H groups in total. The Bertz CT molecular complexity index is 143. The van der Waals surface area contributed by atoms with Crippen LogP contribution in [-0.2, 0) is 4.74 Å². The van der Waals surface area contributed by atoms with Crippen LogP contribution in [0.2, 0.25) is 0 Å². The van der Waals surface area contributed by atoms with Gasteiger partial charge in [-0.2, -0.15) is 0 Å². The lowest BCUT2D eigenvalue weighted by atomic mass is 9.94. The lowest BCUT2D eigenvalue weighted by molar-refractivity contribution is -0.0807. The van der Waals surface area contributed by atoms with Crippen LogP contribution >= 0.6 is 0 Å². The normalized spacial score (nSPS) is 34.2. The molecule has 1 saturated carbocycles. The third kappa shape index (κ3) is 0.722. The number of rotatable bonds is 0. The summed E-state index contributed by atoms with van der Waals surface area (Å²) in [7, 11) is 0. The van der Waals surface area contributed by atoms with E-state index in [4.69, 9.17) is 4.74 Å². The second kappa shape index (κ2) is 1.74. The van der Waals surface area contributed by atoms with Gasteiger partial charge in [0, 0.05) is 12.1 Å². The molecule has 0 bridgehead atoms. The first-order valence-corrected chi connectivity index (χ1v) is 4.05. The molecule has 1 saturated heterocycles. The van der Waals surface area contributed by atoms with E-state index in [-0.39, 0.29) is 5.60 Å². The summed E-state index contributed by atoms with van der Waals surface area (Å²) in [5, 5.41) is 3.53. The molecule has 1 heterocycles. The van der Waals surface area contributed by atoms with E-state index in [1.807, 2.05) is 0 Å². The zero-order chi connectivity index (χ0) is 7.24. The predicted octanol–water partition coefficient (Wildman–Crippen LogP) is 0.917. The molecule has 0 aromatic rings. The highest BCUT2D eigenvalue weighted by Gasteiger charge is 2.56. The largest absolute Gasteiger partial charge is 0.372 e. The quantitative estimate of drug-likeness (QED) is 0.541. The third-order valence-corrected chi connectivity index (χ3v) is 2.93. The van der Waals surface area contributed by atoms with Crippen molar-refractivity contribution in [3.8, 4) is 0 Å². The van der Waals surface area contributed by atoms with E-state index in [2.05, 4.69) is 19.2 Å². The van der Waals surface area contributed by atoms with Crippen LogP contribution in [0.5, 0.6) is 0 Å². The van der Waals surface area contributed by atoms with Gasteiger partial charge >= 0.3 is 0 Å². The Hall–Kier alpha value is -0.0800. The maximum absolute atomic E-state index is 5.68. The van der Waals surface area contributed by atoms with Gasteiger partial charge in [-0.3, -0.25) is 0 Å². The van der Waals surface area contributed by atoms with Crippen molar-refractivity contribution in [3.05, 3.63) is 0 Å². The Kier molecular flexibility index (Phi) is 1.15. The molecule has 0 radical (unpaired) electrons. The third-order valence-electron chi connectivity index (χ3n) is 2.93. The molecule has 1 spiro atoms. The fourth-order valence-electron chi connectivity index (χ4n) is 1.85. The molecule has 2 nitrogen and oxygen atoms in total. The highest BCUT2D eigenvalue weighted by atomic mass is 16.5. The first-order chi connectivity index (χ1) is 4.66. The number of nitrogens with one attached hydrogen (secondary N) is 1. The molecular formula is C8H15NO. The average Bonchev–Trinajstić information content (AvgIpc) is 2.59. The standard InChI is InChI=1S/C8H15NO/c1-7(2)8(3-4-8)9-5-6-10-7/h9H,3-6H2,1-2H3. The minimum Gasteiger partial charge on any atom is -0.372 e. The maximum Gasteiger partial charge on any atom is 0.0807 e. The lowest BCUT2D eigenvalue weighted by Crippen LogP contribution is -2.56. The van der Waals surface area contributed by atoms with E-state index in [0.29, 0.717) is 5.54 Å². The Morgan fingerprint density at radius 1 is 1.30 bits per heavy atom. The Morgan fingerprint density at radius 3 is 2.40 bits per heavy atom.